The van der Waals surface area contributed by atoms with Crippen molar-refractivity contribution < 1.29 is 32.2 Å². The standard InChI is InChI=1S/C28H34F3N7O4/c1-27(2,3)42-26(40)37-15-14-36(24(39)18-37)16-17-41-21-6-4-19(5-7-21)20-10-12-35(13-11-20)23-9-8-22-32-33-25(28(29,30)31)38(22)34-23/h4-9,20H,10-18H2,1-3H3. The Morgan fingerprint density at radius 2 is 1.69 bits per heavy atom. The van der Waals surface area contributed by atoms with Crippen molar-refractivity contribution in [3.8, 4) is 5.75 Å². The lowest BCUT2D eigenvalue weighted by Gasteiger charge is -2.35. The minimum atomic E-state index is -4.63. The van der Waals surface area contributed by atoms with Crippen LogP contribution < -0.4 is 9.64 Å². The normalized spacial score (nSPS) is 17.2. The highest BCUT2D eigenvalue weighted by Crippen LogP contribution is 2.32. The van der Waals surface area contributed by atoms with Crippen LogP contribution in [0.2, 0.25) is 0 Å². The molecule has 14 heteroatoms. The maximum Gasteiger partial charge on any atom is 0.453 e. The largest absolute Gasteiger partial charge is 0.492 e. The van der Waals surface area contributed by atoms with Gasteiger partial charge in [0.05, 0.1) is 6.54 Å². The Hall–Kier alpha value is -4.10. The molecule has 11 nitrogen and oxygen atoms in total. The first-order valence-corrected chi connectivity index (χ1v) is 13.9. The monoisotopic (exact) mass is 589 g/mol. The number of fused-ring (bicyclic) bond motifs is 1. The smallest absolute Gasteiger partial charge is 0.453 e. The summed E-state index contributed by atoms with van der Waals surface area (Å²) >= 11 is 0. The number of aromatic nitrogens is 4. The van der Waals surface area contributed by atoms with Crippen molar-refractivity contribution in [3.05, 3.63) is 47.8 Å². The fourth-order valence-electron chi connectivity index (χ4n) is 5.10. The van der Waals surface area contributed by atoms with Gasteiger partial charge in [-0.2, -0.15) is 17.7 Å². The number of ether oxygens (including phenoxy) is 2. The van der Waals surface area contributed by atoms with E-state index in [0.717, 1.165) is 22.9 Å². The van der Waals surface area contributed by atoms with Gasteiger partial charge in [-0.05, 0) is 69.4 Å². The Morgan fingerprint density at radius 3 is 2.33 bits per heavy atom. The van der Waals surface area contributed by atoms with Gasteiger partial charge in [0, 0.05) is 26.2 Å². The van der Waals surface area contributed by atoms with E-state index in [1.807, 2.05) is 29.2 Å². The number of benzene rings is 1. The Balaban J connectivity index is 1.08. The first-order chi connectivity index (χ1) is 19.9. The van der Waals surface area contributed by atoms with Crippen LogP contribution in [-0.2, 0) is 15.7 Å². The molecule has 4 heterocycles. The maximum atomic E-state index is 13.2. The fraction of sp³-hybridized carbons (Fsp3) is 0.536. The van der Waals surface area contributed by atoms with E-state index in [1.54, 1.807) is 31.7 Å². The highest BCUT2D eigenvalue weighted by Gasteiger charge is 2.38. The fourth-order valence-corrected chi connectivity index (χ4v) is 5.10. The third-order valence-electron chi connectivity index (χ3n) is 7.27. The van der Waals surface area contributed by atoms with E-state index in [2.05, 4.69) is 15.3 Å². The SMILES string of the molecule is CC(C)(C)OC(=O)N1CCN(CCOc2ccc(C3CCN(c4ccc5nnc(C(F)(F)F)n5n4)CC3)cc2)C(=O)C1. The van der Waals surface area contributed by atoms with Crippen LogP contribution in [0, 0.1) is 0 Å². The van der Waals surface area contributed by atoms with E-state index >= 15 is 0 Å². The molecule has 2 saturated heterocycles. The second-order valence-corrected chi connectivity index (χ2v) is 11.4. The molecule has 1 aromatic carbocycles. The number of piperidine rings is 1. The molecule has 3 aromatic rings. The molecule has 226 valence electrons. The van der Waals surface area contributed by atoms with E-state index < -0.39 is 23.7 Å². The zero-order valence-corrected chi connectivity index (χ0v) is 23.8. The molecule has 0 atom stereocenters. The zero-order valence-electron chi connectivity index (χ0n) is 23.8. The average Bonchev–Trinajstić information content (AvgIpc) is 3.38. The molecule has 2 aromatic heterocycles. The van der Waals surface area contributed by atoms with Gasteiger partial charge in [0.15, 0.2) is 5.65 Å². The van der Waals surface area contributed by atoms with Crippen molar-refractivity contribution in [1.82, 2.24) is 29.6 Å². The number of hydrogen-bond acceptors (Lipinski definition) is 8. The molecule has 2 amide bonds. The Morgan fingerprint density at radius 1 is 0.976 bits per heavy atom. The molecule has 2 aliphatic rings. The lowest BCUT2D eigenvalue weighted by atomic mass is 9.89. The number of amides is 2. The van der Waals surface area contributed by atoms with Crippen LogP contribution in [0.4, 0.5) is 23.8 Å². The summed E-state index contributed by atoms with van der Waals surface area (Å²) in [5.41, 5.74) is 0.602. The number of nitrogens with zero attached hydrogens (tertiary/aromatic N) is 7. The lowest BCUT2D eigenvalue weighted by Crippen LogP contribution is -2.53. The first kappa shape index (κ1) is 29.4. The summed E-state index contributed by atoms with van der Waals surface area (Å²) in [5.74, 6) is 0.181. The maximum absolute atomic E-state index is 13.2. The number of rotatable bonds is 6. The summed E-state index contributed by atoms with van der Waals surface area (Å²) in [5, 5.41) is 11.0. The summed E-state index contributed by atoms with van der Waals surface area (Å²) in [6.45, 7) is 8.24. The number of halogens is 3. The molecule has 0 unspecified atom stereocenters. The molecule has 0 aliphatic carbocycles. The molecule has 42 heavy (non-hydrogen) atoms. The summed E-state index contributed by atoms with van der Waals surface area (Å²) in [4.78, 5) is 29.8. The van der Waals surface area contributed by atoms with Gasteiger partial charge in [0.2, 0.25) is 5.91 Å². The number of anilines is 1. The second kappa shape index (κ2) is 11.6. The Bertz CT molecular complexity index is 1410. The van der Waals surface area contributed by atoms with Gasteiger partial charge in [0.25, 0.3) is 5.82 Å². The minimum absolute atomic E-state index is 0.0114. The first-order valence-electron chi connectivity index (χ1n) is 13.9. The number of carbonyl (C=O) groups is 2. The molecule has 5 rings (SSSR count). The van der Waals surface area contributed by atoms with Gasteiger partial charge in [-0.1, -0.05) is 12.1 Å². The average molecular weight is 590 g/mol. The predicted octanol–water partition coefficient (Wildman–Crippen LogP) is 3.99. The highest BCUT2D eigenvalue weighted by atomic mass is 19.4. The van der Waals surface area contributed by atoms with Crippen molar-refractivity contribution >= 4 is 23.5 Å². The minimum Gasteiger partial charge on any atom is -0.492 e. The molecule has 0 spiro atoms. The highest BCUT2D eigenvalue weighted by molar-refractivity contribution is 5.83. The number of hydrogen-bond donors (Lipinski definition) is 0. The molecule has 0 N–H and O–H groups in total. The van der Waals surface area contributed by atoms with Gasteiger partial charge in [-0.15, -0.1) is 15.3 Å². The summed E-state index contributed by atoms with van der Waals surface area (Å²) in [6, 6.07) is 11.0. The van der Waals surface area contributed by atoms with Crippen LogP contribution in [0.25, 0.3) is 5.65 Å². The molecular formula is C28H34F3N7O4. The van der Waals surface area contributed by atoms with Gasteiger partial charge < -0.3 is 19.3 Å². The second-order valence-electron chi connectivity index (χ2n) is 11.4. The third-order valence-corrected chi connectivity index (χ3v) is 7.27. The summed E-state index contributed by atoms with van der Waals surface area (Å²) < 4.78 is 51.6. The van der Waals surface area contributed by atoms with Crippen molar-refractivity contribution in [2.75, 3.05) is 50.8 Å². The van der Waals surface area contributed by atoms with E-state index in [1.165, 1.54) is 11.0 Å². The molecular weight excluding hydrogens is 555 g/mol. The molecule has 0 saturated carbocycles. The van der Waals surface area contributed by atoms with Crippen molar-refractivity contribution in [3.63, 3.8) is 0 Å². The number of carbonyl (C=O) groups excluding carboxylic acids is 2. The van der Waals surface area contributed by atoms with Crippen LogP contribution in [0.5, 0.6) is 5.75 Å². The van der Waals surface area contributed by atoms with E-state index in [0.29, 0.717) is 56.8 Å². The van der Waals surface area contributed by atoms with Crippen LogP contribution >= 0.6 is 0 Å². The van der Waals surface area contributed by atoms with Crippen LogP contribution in [0.3, 0.4) is 0 Å². The van der Waals surface area contributed by atoms with E-state index in [4.69, 9.17) is 9.47 Å². The number of piperazine rings is 1. The summed E-state index contributed by atoms with van der Waals surface area (Å²) in [6.07, 6.45) is -3.47. The molecule has 0 radical (unpaired) electrons. The Kier molecular flexibility index (Phi) is 8.15. The van der Waals surface area contributed by atoms with Crippen LogP contribution in [-0.4, -0.2) is 93.1 Å². The van der Waals surface area contributed by atoms with Crippen molar-refractivity contribution in [2.45, 2.75) is 51.3 Å². The molecule has 2 aliphatic heterocycles. The van der Waals surface area contributed by atoms with Crippen LogP contribution in [0.15, 0.2) is 36.4 Å². The van der Waals surface area contributed by atoms with E-state index in [9.17, 15) is 22.8 Å². The zero-order chi connectivity index (χ0) is 30.1. The number of alkyl halides is 3. The Labute approximate surface area is 241 Å². The predicted molar refractivity (Wildman–Crippen MR) is 146 cm³/mol. The molecule has 2 fully saturated rings. The molecule has 0 bridgehead atoms. The van der Waals surface area contributed by atoms with Crippen LogP contribution in [0.1, 0.15) is 50.9 Å². The third kappa shape index (κ3) is 6.85. The van der Waals surface area contributed by atoms with E-state index in [-0.39, 0.29) is 18.1 Å². The van der Waals surface area contributed by atoms with Crippen molar-refractivity contribution in [2.24, 2.45) is 0 Å². The van der Waals surface area contributed by atoms with Crippen molar-refractivity contribution in [1.29, 1.82) is 0 Å². The van der Waals surface area contributed by atoms with Gasteiger partial charge in [-0.3, -0.25) is 9.69 Å². The van der Waals surface area contributed by atoms with Gasteiger partial charge >= 0.3 is 12.3 Å². The lowest BCUT2D eigenvalue weighted by molar-refractivity contribution is -0.146. The topological polar surface area (TPSA) is 105 Å². The van der Waals surface area contributed by atoms with Gasteiger partial charge in [0.1, 0.15) is 30.3 Å². The summed E-state index contributed by atoms with van der Waals surface area (Å²) in [7, 11) is 0. The quantitative estimate of drug-likeness (QED) is 0.425. The van der Waals surface area contributed by atoms with Gasteiger partial charge in [-0.25, -0.2) is 4.79 Å².